The van der Waals surface area contributed by atoms with Gasteiger partial charge in [0, 0.05) is 41.5 Å². The predicted octanol–water partition coefficient (Wildman–Crippen LogP) is 7.03. The molecule has 0 aliphatic heterocycles. The van der Waals surface area contributed by atoms with Gasteiger partial charge in [0.1, 0.15) is 5.82 Å². The van der Waals surface area contributed by atoms with Crippen molar-refractivity contribution >= 4 is 58.3 Å². The number of halogens is 3. The van der Waals surface area contributed by atoms with Crippen LogP contribution >= 0.6 is 23.2 Å². The quantitative estimate of drug-likeness (QED) is 0.262. The van der Waals surface area contributed by atoms with E-state index in [1.54, 1.807) is 30.5 Å². The van der Waals surface area contributed by atoms with Crippen LogP contribution in [0.15, 0.2) is 59.6 Å². The monoisotopic (exact) mass is 453 g/mol. The third-order valence-corrected chi connectivity index (χ3v) is 5.18. The highest BCUT2D eigenvalue weighted by atomic mass is 35.5. The van der Waals surface area contributed by atoms with Crippen LogP contribution in [0.5, 0.6) is 0 Å². The van der Waals surface area contributed by atoms with Crippen LogP contribution in [0.4, 0.5) is 16.0 Å². The van der Waals surface area contributed by atoms with Crippen LogP contribution in [0.25, 0.3) is 22.2 Å². The molecule has 8 heteroatoms. The first kappa shape index (κ1) is 21.0. The van der Waals surface area contributed by atoms with Crippen molar-refractivity contribution in [2.75, 3.05) is 5.32 Å². The van der Waals surface area contributed by atoms with Crippen molar-refractivity contribution < 1.29 is 4.39 Å². The third kappa shape index (κ3) is 4.76. The molecular weight excluding hydrogens is 436 g/mol. The molecule has 0 amide bonds. The molecule has 3 aromatic carbocycles. The number of nitrogens with zero attached hydrogens (tertiary/aromatic N) is 2. The number of hydrogen-bond acceptors (Lipinski definition) is 4. The molecule has 156 valence electrons. The summed E-state index contributed by atoms with van der Waals surface area (Å²) >= 11 is 12.5. The number of hydrogen-bond donors (Lipinski definition) is 3. The van der Waals surface area contributed by atoms with Gasteiger partial charge in [-0.05, 0) is 35.9 Å². The second-order valence-corrected chi connectivity index (χ2v) is 7.64. The van der Waals surface area contributed by atoms with E-state index in [-0.39, 0.29) is 12.4 Å². The van der Waals surface area contributed by atoms with Crippen molar-refractivity contribution in [1.29, 1.82) is 5.41 Å². The van der Waals surface area contributed by atoms with Crippen LogP contribution in [-0.2, 0) is 6.54 Å². The topological polar surface area (TPSA) is 76.9 Å². The lowest BCUT2D eigenvalue weighted by Gasteiger charge is -2.11. The first-order chi connectivity index (χ1) is 15.0. The van der Waals surface area contributed by atoms with Crippen LogP contribution in [0.1, 0.15) is 12.0 Å². The van der Waals surface area contributed by atoms with Crippen molar-refractivity contribution in [3.05, 3.63) is 76.0 Å². The summed E-state index contributed by atoms with van der Waals surface area (Å²) in [6, 6.07) is 15.9. The molecule has 0 saturated carbocycles. The van der Waals surface area contributed by atoms with Gasteiger partial charge >= 0.3 is 0 Å². The van der Waals surface area contributed by atoms with E-state index < -0.39 is 0 Å². The van der Waals surface area contributed by atoms with Crippen molar-refractivity contribution in [2.45, 2.75) is 13.0 Å². The van der Waals surface area contributed by atoms with Crippen molar-refractivity contribution in [3.8, 4) is 11.1 Å². The summed E-state index contributed by atoms with van der Waals surface area (Å²) in [5.74, 6) is 0.209. The third-order valence-electron chi connectivity index (χ3n) is 4.67. The fraction of sp³-hybridized carbons (Fsp3) is 0.0870. The number of aliphatic imine (C=N–C) groups is 1. The van der Waals surface area contributed by atoms with Crippen LogP contribution in [0.2, 0.25) is 10.0 Å². The van der Waals surface area contributed by atoms with Gasteiger partial charge in [-0.2, -0.15) is 0 Å². The molecule has 0 atom stereocenters. The molecular formula is C23H18Cl2FN5. The van der Waals surface area contributed by atoms with Crippen molar-refractivity contribution in [3.63, 3.8) is 0 Å². The van der Waals surface area contributed by atoms with Crippen LogP contribution in [-0.4, -0.2) is 22.4 Å². The fourth-order valence-corrected chi connectivity index (χ4v) is 3.73. The Hall–Kier alpha value is -3.22. The van der Waals surface area contributed by atoms with E-state index in [1.807, 2.05) is 24.3 Å². The Labute approximate surface area is 188 Å². The molecule has 4 aromatic rings. The van der Waals surface area contributed by atoms with Gasteiger partial charge in [0.15, 0.2) is 0 Å². The molecule has 4 rings (SSSR count). The lowest BCUT2D eigenvalue weighted by Crippen LogP contribution is -2.03. The lowest BCUT2D eigenvalue weighted by molar-refractivity contribution is 0.613. The zero-order valence-electron chi connectivity index (χ0n) is 16.3. The normalized spacial score (nSPS) is 11.3. The average Bonchev–Trinajstić information content (AvgIpc) is 3.17. The largest absolute Gasteiger partial charge is 0.352 e. The second-order valence-electron chi connectivity index (χ2n) is 6.80. The highest BCUT2D eigenvalue weighted by Gasteiger charge is 2.13. The summed E-state index contributed by atoms with van der Waals surface area (Å²) in [4.78, 5) is 11.9. The smallest absolute Gasteiger partial charge is 0.201 e. The predicted molar refractivity (Wildman–Crippen MR) is 127 cm³/mol. The van der Waals surface area contributed by atoms with E-state index >= 15 is 0 Å². The molecule has 5 nitrogen and oxygen atoms in total. The molecule has 3 N–H and O–H groups in total. The van der Waals surface area contributed by atoms with Crippen LogP contribution in [0.3, 0.4) is 0 Å². The van der Waals surface area contributed by atoms with Gasteiger partial charge in [0.2, 0.25) is 5.95 Å². The van der Waals surface area contributed by atoms with E-state index in [0.29, 0.717) is 44.8 Å². The molecule has 0 radical (unpaired) electrons. The van der Waals surface area contributed by atoms with E-state index in [1.165, 1.54) is 12.3 Å². The maximum Gasteiger partial charge on any atom is 0.201 e. The number of para-hydroxylation sites is 2. The van der Waals surface area contributed by atoms with Crippen molar-refractivity contribution in [2.24, 2.45) is 4.99 Å². The summed E-state index contributed by atoms with van der Waals surface area (Å²) in [7, 11) is 0. The minimum Gasteiger partial charge on any atom is -0.352 e. The zero-order chi connectivity index (χ0) is 21.8. The minimum absolute atomic E-state index is 0.270. The summed E-state index contributed by atoms with van der Waals surface area (Å²) in [5, 5.41) is 11.0. The molecule has 1 aromatic heterocycles. The number of benzene rings is 3. The maximum absolute atomic E-state index is 14.9. The molecule has 0 aliphatic rings. The first-order valence-corrected chi connectivity index (χ1v) is 10.3. The van der Waals surface area contributed by atoms with E-state index in [9.17, 15) is 4.39 Å². The highest BCUT2D eigenvalue weighted by molar-refractivity contribution is 6.37. The minimum atomic E-state index is -0.369. The number of anilines is 1. The SMILES string of the molecule is N=CCC=Nc1c(Cl)cc(Cl)cc1-c1ccc(CNc2nc3ccccc3[nH]2)c(F)c1. The Morgan fingerprint density at radius 2 is 1.97 bits per heavy atom. The van der Waals surface area contributed by atoms with Gasteiger partial charge in [-0.1, -0.05) is 47.5 Å². The summed E-state index contributed by atoms with van der Waals surface area (Å²) in [6.45, 7) is 0.270. The average molecular weight is 454 g/mol. The van der Waals surface area contributed by atoms with Gasteiger partial charge in [-0.25, -0.2) is 9.37 Å². The van der Waals surface area contributed by atoms with E-state index in [0.717, 1.165) is 11.0 Å². The molecule has 0 bridgehead atoms. The molecule has 31 heavy (non-hydrogen) atoms. The molecule has 0 saturated heterocycles. The van der Waals surface area contributed by atoms with Gasteiger partial charge in [0.25, 0.3) is 0 Å². The van der Waals surface area contributed by atoms with Crippen LogP contribution in [0, 0.1) is 11.2 Å². The summed E-state index contributed by atoms with van der Waals surface area (Å²) < 4.78 is 14.9. The second kappa shape index (κ2) is 9.29. The van der Waals surface area contributed by atoms with Gasteiger partial charge in [0.05, 0.1) is 21.7 Å². The molecule has 0 spiro atoms. The number of rotatable bonds is 7. The van der Waals surface area contributed by atoms with E-state index in [4.69, 9.17) is 28.6 Å². The fourth-order valence-electron chi connectivity index (χ4n) is 3.19. The molecule has 0 aliphatic carbocycles. The lowest BCUT2D eigenvalue weighted by atomic mass is 10.0. The summed E-state index contributed by atoms with van der Waals surface area (Å²) in [6.07, 6.45) is 3.18. The van der Waals surface area contributed by atoms with Crippen molar-refractivity contribution in [1.82, 2.24) is 9.97 Å². The maximum atomic E-state index is 14.9. The number of aromatic amines is 1. The highest BCUT2D eigenvalue weighted by Crippen LogP contribution is 2.39. The molecule has 1 heterocycles. The van der Waals surface area contributed by atoms with Gasteiger partial charge in [-0.15, -0.1) is 0 Å². The Balaban J connectivity index is 1.59. The Kier molecular flexibility index (Phi) is 6.30. The number of H-pyrrole nitrogens is 1. The Bertz CT molecular complexity index is 1250. The Morgan fingerprint density at radius 1 is 1.13 bits per heavy atom. The number of nitrogens with one attached hydrogen (secondary N) is 3. The zero-order valence-corrected chi connectivity index (χ0v) is 17.8. The van der Waals surface area contributed by atoms with Gasteiger partial charge in [-0.3, -0.25) is 4.99 Å². The first-order valence-electron chi connectivity index (χ1n) is 9.53. The molecule has 0 unspecified atom stereocenters. The number of aromatic nitrogens is 2. The summed E-state index contributed by atoms with van der Waals surface area (Å²) in [5.41, 5.74) is 3.96. The number of imidazole rings is 1. The van der Waals surface area contributed by atoms with E-state index in [2.05, 4.69) is 20.3 Å². The molecule has 0 fully saturated rings. The standard InChI is InChI=1S/C23H18Cl2FN5/c24-16-11-17(22(18(25)12-16)28-9-3-8-27)14-6-7-15(19(26)10-14)13-29-23-30-20-4-1-2-5-21(20)31-23/h1-2,4-12,27H,3,13H2,(H2,29,30,31). The number of fused-ring (bicyclic) bond motifs is 1. The Morgan fingerprint density at radius 3 is 2.74 bits per heavy atom. The van der Waals surface area contributed by atoms with Crippen LogP contribution < -0.4 is 5.32 Å². The van der Waals surface area contributed by atoms with Gasteiger partial charge < -0.3 is 15.7 Å².